The molecule has 1 aromatic heterocycles. The molecule has 0 saturated heterocycles. The number of carbonyl (C=O) groups is 1. The summed E-state index contributed by atoms with van der Waals surface area (Å²) >= 11 is 7.42. The molecule has 0 amide bonds. The molecule has 2 heterocycles. The number of thiophene rings is 1. The lowest BCUT2D eigenvalue weighted by Gasteiger charge is -2.37. The maximum atomic E-state index is 13.7. The first kappa shape index (κ1) is 21.2. The number of aryl methyl sites for hydroxylation is 2. The number of thiocarbonyl (C=S) groups is 1. The summed E-state index contributed by atoms with van der Waals surface area (Å²) in [5.41, 5.74) is 3.66. The fourth-order valence-electron chi connectivity index (χ4n) is 4.44. The number of esters is 1. The monoisotopic (exact) mass is 446 g/mol. The number of nitrogens with one attached hydrogen (secondary N) is 1. The lowest BCUT2D eigenvalue weighted by molar-refractivity contribution is 0.0527. The predicted octanol–water partition coefficient (Wildman–Crippen LogP) is 5.87. The van der Waals surface area contributed by atoms with E-state index < -0.39 is 0 Å². The van der Waals surface area contributed by atoms with Crippen molar-refractivity contribution < 1.29 is 13.9 Å². The molecular formula is C23H27FN2O2S2. The minimum absolute atomic E-state index is 0.187. The summed E-state index contributed by atoms with van der Waals surface area (Å²) in [6, 6.07) is 5.05. The Morgan fingerprint density at radius 3 is 2.90 bits per heavy atom. The molecule has 2 aromatic rings. The Balaban J connectivity index is 1.67. The average Bonchev–Trinajstić information content (AvgIpc) is 2.88. The summed E-state index contributed by atoms with van der Waals surface area (Å²) in [5, 5.41) is 4.67. The summed E-state index contributed by atoms with van der Waals surface area (Å²) in [4.78, 5) is 16.1. The van der Waals surface area contributed by atoms with Gasteiger partial charge < -0.3 is 15.0 Å². The number of rotatable bonds is 3. The Labute approximate surface area is 186 Å². The van der Waals surface area contributed by atoms with Crippen LogP contribution in [0.4, 0.5) is 15.1 Å². The summed E-state index contributed by atoms with van der Waals surface area (Å²) in [7, 11) is 0. The number of ether oxygens (including phenoxy) is 1. The van der Waals surface area contributed by atoms with Crippen LogP contribution in [0.2, 0.25) is 0 Å². The van der Waals surface area contributed by atoms with Gasteiger partial charge in [0, 0.05) is 16.6 Å². The molecule has 0 fully saturated rings. The average molecular weight is 447 g/mol. The Bertz CT molecular complexity index is 972. The van der Waals surface area contributed by atoms with Crippen LogP contribution in [0.1, 0.15) is 65.9 Å². The van der Waals surface area contributed by atoms with Crippen molar-refractivity contribution >= 4 is 45.3 Å². The minimum atomic E-state index is -0.281. The van der Waals surface area contributed by atoms with Gasteiger partial charge >= 0.3 is 5.97 Å². The number of anilines is 2. The molecule has 1 N–H and O–H groups in total. The number of carbonyl (C=O) groups excluding carboxylic acids is 1. The van der Waals surface area contributed by atoms with Crippen LogP contribution >= 0.6 is 23.6 Å². The molecule has 1 aliphatic carbocycles. The van der Waals surface area contributed by atoms with Gasteiger partial charge in [-0.3, -0.25) is 0 Å². The van der Waals surface area contributed by atoms with Crippen molar-refractivity contribution in [3.8, 4) is 0 Å². The molecule has 160 valence electrons. The van der Waals surface area contributed by atoms with Crippen molar-refractivity contribution in [3.63, 3.8) is 0 Å². The SMILES string of the molecule is CCOC(=O)c1c(NC(=S)N2c3ccc(F)cc3CC[C@H]2C)sc2c1CCCCC2. The number of fused-ring (bicyclic) bond motifs is 2. The summed E-state index contributed by atoms with van der Waals surface area (Å²) in [6.45, 7) is 4.29. The van der Waals surface area contributed by atoms with Gasteiger partial charge in [0.1, 0.15) is 10.8 Å². The van der Waals surface area contributed by atoms with Gasteiger partial charge in [0.25, 0.3) is 0 Å². The van der Waals surface area contributed by atoms with E-state index in [2.05, 4.69) is 12.2 Å². The van der Waals surface area contributed by atoms with E-state index in [1.54, 1.807) is 23.5 Å². The van der Waals surface area contributed by atoms with Crippen LogP contribution in [0.3, 0.4) is 0 Å². The van der Waals surface area contributed by atoms with Crippen LogP contribution < -0.4 is 10.2 Å². The molecule has 2 aliphatic rings. The Kier molecular flexibility index (Phi) is 6.39. The predicted molar refractivity (Wildman–Crippen MR) is 124 cm³/mol. The zero-order valence-electron chi connectivity index (χ0n) is 17.4. The maximum absolute atomic E-state index is 13.7. The number of nitrogens with zero attached hydrogens (tertiary/aromatic N) is 1. The van der Waals surface area contributed by atoms with Crippen LogP contribution in [-0.4, -0.2) is 23.7 Å². The van der Waals surface area contributed by atoms with E-state index >= 15 is 0 Å². The van der Waals surface area contributed by atoms with Crippen molar-refractivity contribution in [2.24, 2.45) is 0 Å². The first-order valence-electron chi connectivity index (χ1n) is 10.7. The minimum Gasteiger partial charge on any atom is -0.462 e. The summed E-state index contributed by atoms with van der Waals surface area (Å²) < 4.78 is 19.1. The number of benzene rings is 1. The third kappa shape index (κ3) is 4.10. The molecule has 30 heavy (non-hydrogen) atoms. The van der Waals surface area contributed by atoms with E-state index in [-0.39, 0.29) is 17.8 Å². The van der Waals surface area contributed by atoms with Gasteiger partial charge in [-0.2, -0.15) is 0 Å². The molecule has 0 unspecified atom stereocenters. The van der Waals surface area contributed by atoms with E-state index in [0.717, 1.165) is 60.3 Å². The molecular weight excluding hydrogens is 419 g/mol. The topological polar surface area (TPSA) is 41.6 Å². The molecule has 1 atom stereocenters. The van der Waals surface area contributed by atoms with Crippen LogP contribution in [0.15, 0.2) is 18.2 Å². The molecule has 7 heteroatoms. The Morgan fingerprint density at radius 1 is 1.30 bits per heavy atom. The normalized spacial score (nSPS) is 18.2. The standard InChI is InChI=1S/C23H27FN2O2S2/c1-3-28-22(27)20-17-7-5-4-6-8-19(17)30-21(20)25-23(29)26-14(2)9-10-15-13-16(24)11-12-18(15)26/h11-14H,3-10H2,1-2H3,(H,25,29)/t14-/m1/s1. The van der Waals surface area contributed by atoms with Crippen molar-refractivity contribution in [3.05, 3.63) is 45.6 Å². The Morgan fingerprint density at radius 2 is 2.10 bits per heavy atom. The zero-order valence-corrected chi connectivity index (χ0v) is 19.1. The Hall–Kier alpha value is -1.99. The number of hydrogen-bond donors (Lipinski definition) is 1. The second-order valence-electron chi connectivity index (χ2n) is 7.95. The van der Waals surface area contributed by atoms with E-state index in [9.17, 15) is 9.18 Å². The van der Waals surface area contributed by atoms with Crippen molar-refractivity contribution in [1.29, 1.82) is 0 Å². The van der Waals surface area contributed by atoms with Crippen LogP contribution in [0.25, 0.3) is 0 Å². The molecule has 1 aliphatic heterocycles. The molecule has 1 aromatic carbocycles. The molecule has 4 rings (SSSR count). The summed E-state index contributed by atoms with van der Waals surface area (Å²) in [6.07, 6.45) is 7.02. The lowest BCUT2D eigenvalue weighted by atomic mass is 9.97. The van der Waals surface area contributed by atoms with E-state index in [4.69, 9.17) is 17.0 Å². The number of halogens is 1. The van der Waals surface area contributed by atoms with Gasteiger partial charge in [0.2, 0.25) is 0 Å². The first-order valence-corrected chi connectivity index (χ1v) is 11.9. The van der Waals surface area contributed by atoms with Gasteiger partial charge in [0.15, 0.2) is 5.11 Å². The smallest absolute Gasteiger partial charge is 0.341 e. The van der Waals surface area contributed by atoms with Gasteiger partial charge in [-0.05, 0) is 93.9 Å². The van der Waals surface area contributed by atoms with Gasteiger partial charge in [-0.25, -0.2) is 9.18 Å². The fraction of sp³-hybridized carbons (Fsp3) is 0.478. The van der Waals surface area contributed by atoms with Crippen LogP contribution in [-0.2, 0) is 24.0 Å². The van der Waals surface area contributed by atoms with Crippen molar-refractivity contribution in [2.45, 2.75) is 64.8 Å². The second-order valence-corrected chi connectivity index (χ2v) is 9.44. The highest BCUT2D eigenvalue weighted by Gasteiger charge is 2.30. The van der Waals surface area contributed by atoms with E-state index in [1.807, 2.05) is 11.8 Å². The highest BCUT2D eigenvalue weighted by Crippen LogP contribution is 2.39. The zero-order chi connectivity index (χ0) is 21.3. The van der Waals surface area contributed by atoms with E-state index in [0.29, 0.717) is 17.3 Å². The highest BCUT2D eigenvalue weighted by molar-refractivity contribution is 7.80. The third-order valence-electron chi connectivity index (χ3n) is 5.91. The van der Waals surface area contributed by atoms with Crippen molar-refractivity contribution in [1.82, 2.24) is 0 Å². The van der Waals surface area contributed by atoms with Gasteiger partial charge in [-0.15, -0.1) is 11.3 Å². The highest BCUT2D eigenvalue weighted by atomic mass is 32.1. The molecule has 0 bridgehead atoms. The maximum Gasteiger partial charge on any atom is 0.341 e. The third-order valence-corrected chi connectivity index (χ3v) is 7.42. The van der Waals surface area contributed by atoms with Gasteiger partial charge in [0.05, 0.1) is 12.2 Å². The van der Waals surface area contributed by atoms with Crippen LogP contribution in [0, 0.1) is 5.82 Å². The van der Waals surface area contributed by atoms with Crippen LogP contribution in [0.5, 0.6) is 0 Å². The van der Waals surface area contributed by atoms with Gasteiger partial charge in [-0.1, -0.05) is 6.42 Å². The molecule has 0 radical (unpaired) electrons. The quantitative estimate of drug-likeness (QED) is 0.363. The fourth-order valence-corrected chi connectivity index (χ4v) is 6.16. The largest absolute Gasteiger partial charge is 0.462 e. The first-order chi connectivity index (χ1) is 14.5. The number of hydrogen-bond acceptors (Lipinski definition) is 4. The molecule has 4 nitrogen and oxygen atoms in total. The van der Waals surface area contributed by atoms with Crippen molar-refractivity contribution in [2.75, 3.05) is 16.8 Å². The van der Waals surface area contributed by atoms with E-state index in [1.165, 1.54) is 17.4 Å². The molecule has 0 saturated carbocycles. The summed E-state index contributed by atoms with van der Waals surface area (Å²) in [5.74, 6) is -0.509. The second kappa shape index (κ2) is 9.02. The lowest BCUT2D eigenvalue weighted by Crippen LogP contribution is -2.44. The molecule has 0 spiro atoms.